The van der Waals surface area contributed by atoms with Gasteiger partial charge >= 0.3 is 12.1 Å². The molecule has 2 aromatic rings. The molecule has 5 rings (SSSR count). The van der Waals surface area contributed by atoms with Gasteiger partial charge in [0.15, 0.2) is 0 Å². The number of aryl methyl sites for hydroxylation is 1. The molecule has 1 aliphatic carbocycles. The fraction of sp³-hybridized carbons (Fsp3) is 0.560. The molecule has 2 N–H and O–H groups in total. The lowest BCUT2D eigenvalue weighted by Gasteiger charge is -2.47. The number of amides is 1. The van der Waals surface area contributed by atoms with Gasteiger partial charge in [0, 0.05) is 56.8 Å². The Morgan fingerprint density at radius 3 is 2.47 bits per heavy atom. The molecule has 0 bridgehead atoms. The number of halogens is 3. The highest BCUT2D eigenvalue weighted by Crippen LogP contribution is 2.46. The molecule has 1 atom stereocenters. The minimum atomic E-state index is -5.08. The summed E-state index contributed by atoms with van der Waals surface area (Å²) in [6, 6.07) is 8.72. The zero-order chi connectivity index (χ0) is 25.9. The highest BCUT2D eigenvalue weighted by atomic mass is 19.4. The number of carbonyl (C=O) groups excluding carboxylic acids is 1. The van der Waals surface area contributed by atoms with Gasteiger partial charge in [-0.3, -0.25) is 14.4 Å². The van der Waals surface area contributed by atoms with E-state index < -0.39 is 12.1 Å². The zero-order valence-electron chi connectivity index (χ0n) is 20.1. The van der Waals surface area contributed by atoms with Crippen molar-refractivity contribution in [3.05, 3.63) is 47.8 Å². The maximum atomic E-state index is 12.5. The summed E-state index contributed by atoms with van der Waals surface area (Å²) in [7, 11) is 1.96. The third kappa shape index (κ3) is 6.77. The molecule has 11 heteroatoms. The van der Waals surface area contributed by atoms with Crippen LogP contribution in [0.5, 0.6) is 5.75 Å². The molecule has 196 valence electrons. The number of hydrogen-bond donors (Lipinski definition) is 2. The van der Waals surface area contributed by atoms with Gasteiger partial charge in [0.2, 0.25) is 5.91 Å². The van der Waals surface area contributed by atoms with Crippen molar-refractivity contribution >= 4 is 11.9 Å². The number of aliphatic carboxylic acids is 1. The highest BCUT2D eigenvalue weighted by molar-refractivity contribution is 5.77. The van der Waals surface area contributed by atoms with Crippen LogP contribution in [0.2, 0.25) is 0 Å². The molecule has 3 heterocycles. The Morgan fingerprint density at radius 2 is 1.89 bits per heavy atom. The largest absolute Gasteiger partial charge is 0.490 e. The fourth-order valence-corrected chi connectivity index (χ4v) is 4.90. The number of carboxylic acids is 1. The Labute approximate surface area is 207 Å². The molecule has 1 saturated carbocycles. The van der Waals surface area contributed by atoms with Gasteiger partial charge in [-0.15, -0.1) is 0 Å². The second-order valence-electron chi connectivity index (χ2n) is 9.87. The van der Waals surface area contributed by atoms with Gasteiger partial charge < -0.3 is 15.2 Å². The second-order valence-corrected chi connectivity index (χ2v) is 9.87. The molecule has 1 spiro atoms. The Hall–Kier alpha value is -3.08. The number of alkyl halides is 3. The maximum absolute atomic E-state index is 12.5. The van der Waals surface area contributed by atoms with Crippen LogP contribution in [-0.4, -0.2) is 62.6 Å². The van der Waals surface area contributed by atoms with Crippen LogP contribution in [0.4, 0.5) is 13.2 Å². The van der Waals surface area contributed by atoms with Crippen LogP contribution in [0, 0.1) is 0 Å². The second kappa shape index (κ2) is 10.5. The average Bonchev–Trinajstić information content (AvgIpc) is 3.53. The van der Waals surface area contributed by atoms with E-state index in [0.717, 1.165) is 57.5 Å². The first-order valence-electron chi connectivity index (χ1n) is 12.1. The van der Waals surface area contributed by atoms with Gasteiger partial charge in [-0.1, -0.05) is 18.2 Å². The summed E-state index contributed by atoms with van der Waals surface area (Å²) in [5.41, 5.74) is 2.31. The van der Waals surface area contributed by atoms with E-state index in [1.54, 1.807) is 0 Å². The Balaban J connectivity index is 0.000000384. The SMILES string of the molecule is Cn1cc(CN2CCC3(CC2)CC(CC(=O)NC2CC2)c2ccccc2O3)cn1.O=C(O)C(F)(F)F. The number of rotatable bonds is 5. The zero-order valence-corrected chi connectivity index (χ0v) is 20.1. The maximum Gasteiger partial charge on any atom is 0.490 e. The first-order valence-corrected chi connectivity index (χ1v) is 12.1. The predicted molar refractivity (Wildman–Crippen MR) is 124 cm³/mol. The summed E-state index contributed by atoms with van der Waals surface area (Å²) >= 11 is 0. The quantitative estimate of drug-likeness (QED) is 0.641. The number of carbonyl (C=O) groups is 2. The van der Waals surface area contributed by atoms with Gasteiger partial charge in [-0.25, -0.2) is 4.79 Å². The number of likely N-dealkylation sites (tertiary alicyclic amines) is 1. The van der Waals surface area contributed by atoms with Crippen molar-refractivity contribution in [2.75, 3.05) is 13.1 Å². The molecule has 1 saturated heterocycles. The summed E-state index contributed by atoms with van der Waals surface area (Å²) in [6.45, 7) is 2.96. The smallest absolute Gasteiger partial charge is 0.487 e. The molecule has 1 unspecified atom stereocenters. The number of piperidine rings is 1. The van der Waals surface area contributed by atoms with Crippen LogP contribution in [0.15, 0.2) is 36.7 Å². The van der Waals surface area contributed by atoms with Crippen molar-refractivity contribution in [3.8, 4) is 5.75 Å². The number of nitrogens with one attached hydrogen (secondary N) is 1. The van der Waals surface area contributed by atoms with Gasteiger partial charge in [0.25, 0.3) is 0 Å². The summed E-state index contributed by atoms with van der Waals surface area (Å²) in [6.07, 6.45) is 4.73. The molecular formula is C25H31F3N4O4. The summed E-state index contributed by atoms with van der Waals surface area (Å²) in [4.78, 5) is 23.9. The predicted octanol–water partition coefficient (Wildman–Crippen LogP) is 3.62. The lowest BCUT2D eigenvalue weighted by Crippen LogP contribution is -2.50. The molecule has 1 aromatic heterocycles. The minimum absolute atomic E-state index is 0.148. The van der Waals surface area contributed by atoms with E-state index in [1.807, 2.05) is 24.0 Å². The van der Waals surface area contributed by atoms with E-state index in [1.165, 1.54) is 11.1 Å². The number of ether oxygens (including phenoxy) is 1. The van der Waals surface area contributed by atoms with Crippen LogP contribution >= 0.6 is 0 Å². The topological polar surface area (TPSA) is 96.7 Å². The lowest BCUT2D eigenvalue weighted by molar-refractivity contribution is -0.192. The third-order valence-corrected chi connectivity index (χ3v) is 6.85. The standard InChI is InChI=1S/C23H30N4O2.C2HF3O2/c1-26-15-17(14-24-26)16-27-10-8-23(9-11-27)13-18(12-22(28)25-19-6-7-19)20-4-2-3-5-21(20)29-23;3-2(4,5)1(6)7/h2-5,14-15,18-19H,6-13,16H2,1H3,(H,25,28);(H,6,7). The van der Waals surface area contributed by atoms with Crippen LogP contribution in [0.3, 0.4) is 0 Å². The molecule has 3 aliphatic rings. The minimum Gasteiger partial charge on any atom is -0.487 e. The molecule has 0 radical (unpaired) electrons. The Bertz CT molecular complexity index is 1080. The number of aromatic nitrogens is 2. The monoisotopic (exact) mass is 508 g/mol. The highest BCUT2D eigenvalue weighted by Gasteiger charge is 2.44. The van der Waals surface area contributed by atoms with Crippen molar-refractivity contribution in [2.24, 2.45) is 7.05 Å². The molecular weight excluding hydrogens is 477 g/mol. The van der Waals surface area contributed by atoms with Crippen LogP contribution in [0.25, 0.3) is 0 Å². The molecule has 36 heavy (non-hydrogen) atoms. The van der Waals surface area contributed by atoms with Crippen molar-refractivity contribution in [1.29, 1.82) is 0 Å². The van der Waals surface area contributed by atoms with E-state index >= 15 is 0 Å². The Kier molecular flexibility index (Phi) is 7.58. The third-order valence-electron chi connectivity index (χ3n) is 6.85. The van der Waals surface area contributed by atoms with Crippen molar-refractivity contribution in [3.63, 3.8) is 0 Å². The van der Waals surface area contributed by atoms with Crippen molar-refractivity contribution < 1.29 is 32.6 Å². The number of hydrogen-bond acceptors (Lipinski definition) is 5. The number of para-hydroxylation sites is 1. The van der Waals surface area contributed by atoms with E-state index in [4.69, 9.17) is 14.6 Å². The molecule has 2 aliphatic heterocycles. The van der Waals surface area contributed by atoms with E-state index in [-0.39, 0.29) is 17.4 Å². The Morgan fingerprint density at radius 1 is 1.22 bits per heavy atom. The first kappa shape index (κ1) is 26.0. The van der Waals surface area contributed by atoms with Gasteiger partial charge in [-0.05, 0) is 43.7 Å². The molecule has 8 nitrogen and oxygen atoms in total. The normalized spacial score (nSPS) is 21.1. The fourth-order valence-electron chi connectivity index (χ4n) is 4.90. The van der Waals surface area contributed by atoms with Crippen LogP contribution in [-0.2, 0) is 23.2 Å². The number of nitrogens with zero attached hydrogens (tertiary/aromatic N) is 3. The van der Waals surface area contributed by atoms with Gasteiger partial charge in [0.05, 0.1) is 6.20 Å². The molecule has 1 amide bonds. The summed E-state index contributed by atoms with van der Waals surface area (Å²) in [5, 5.41) is 14.6. The lowest BCUT2D eigenvalue weighted by atomic mass is 9.76. The van der Waals surface area contributed by atoms with Gasteiger partial charge in [-0.2, -0.15) is 18.3 Å². The number of carboxylic acid groups (broad SMARTS) is 1. The van der Waals surface area contributed by atoms with Crippen molar-refractivity contribution in [1.82, 2.24) is 20.0 Å². The number of benzene rings is 1. The van der Waals surface area contributed by atoms with E-state index in [9.17, 15) is 18.0 Å². The summed E-state index contributed by atoms with van der Waals surface area (Å²) < 4.78 is 40.2. The van der Waals surface area contributed by atoms with Crippen LogP contribution in [0.1, 0.15) is 55.6 Å². The van der Waals surface area contributed by atoms with Crippen molar-refractivity contribution in [2.45, 2.75) is 68.8 Å². The average molecular weight is 509 g/mol. The van der Waals surface area contributed by atoms with Crippen LogP contribution < -0.4 is 10.1 Å². The van der Waals surface area contributed by atoms with E-state index in [2.05, 4.69) is 39.7 Å². The molecule has 1 aromatic carbocycles. The first-order chi connectivity index (χ1) is 17.0. The molecule has 2 fully saturated rings. The number of fused-ring (bicyclic) bond motifs is 1. The van der Waals surface area contributed by atoms with Gasteiger partial charge in [0.1, 0.15) is 11.4 Å². The summed E-state index contributed by atoms with van der Waals surface area (Å²) in [5.74, 6) is -1.35. The van der Waals surface area contributed by atoms with E-state index in [0.29, 0.717) is 12.5 Å².